The minimum absolute atomic E-state index is 0.0970. The van der Waals surface area contributed by atoms with Crippen molar-refractivity contribution in [1.82, 2.24) is 19.4 Å². The number of hydrogen-bond donors (Lipinski definition) is 0. The zero-order chi connectivity index (χ0) is 25.6. The Balaban J connectivity index is 1.45. The van der Waals surface area contributed by atoms with Gasteiger partial charge in [-0.05, 0) is 30.3 Å². The second-order valence-corrected chi connectivity index (χ2v) is 9.73. The van der Waals surface area contributed by atoms with Crippen LogP contribution in [0.3, 0.4) is 0 Å². The van der Waals surface area contributed by atoms with Gasteiger partial charge in [0.25, 0.3) is 5.91 Å². The highest BCUT2D eigenvalue weighted by Gasteiger charge is 2.45. The van der Waals surface area contributed by atoms with E-state index >= 15 is 4.39 Å². The molecule has 188 valence electrons. The highest BCUT2D eigenvalue weighted by molar-refractivity contribution is 5.98. The van der Waals surface area contributed by atoms with Crippen molar-refractivity contribution in [1.29, 1.82) is 0 Å². The quantitative estimate of drug-likeness (QED) is 0.369. The van der Waals surface area contributed by atoms with Gasteiger partial charge in [0, 0.05) is 47.8 Å². The van der Waals surface area contributed by atoms with Crippen molar-refractivity contribution in [2.45, 2.75) is 38.0 Å². The first-order chi connectivity index (χ1) is 17.8. The number of fused-ring (bicyclic) bond motifs is 10. The van der Waals surface area contributed by atoms with Gasteiger partial charge >= 0.3 is 6.61 Å². The molecule has 1 amide bonds. The highest BCUT2D eigenvalue weighted by Crippen LogP contribution is 2.50. The fraction of sp³-hybridized carbons (Fsp3) is 0.296. The molecule has 0 fully saturated rings. The van der Waals surface area contributed by atoms with Crippen LogP contribution in [0.5, 0.6) is 11.5 Å². The van der Waals surface area contributed by atoms with E-state index in [4.69, 9.17) is 9.47 Å². The lowest BCUT2D eigenvalue weighted by Crippen LogP contribution is -2.30. The predicted octanol–water partition coefficient (Wildman–Crippen LogP) is 5.45. The lowest BCUT2D eigenvalue weighted by Gasteiger charge is -2.24. The molecule has 0 saturated heterocycles. The molecule has 2 aromatic heterocycles. The Morgan fingerprint density at radius 1 is 1.16 bits per heavy atom. The summed E-state index contributed by atoms with van der Waals surface area (Å²) in [4.78, 5) is 24.0. The van der Waals surface area contributed by atoms with E-state index in [1.54, 1.807) is 42.1 Å². The van der Waals surface area contributed by atoms with Gasteiger partial charge in [0.1, 0.15) is 22.8 Å². The summed E-state index contributed by atoms with van der Waals surface area (Å²) in [6, 6.07) is 8.62. The Bertz CT molecular complexity index is 1620. The fourth-order valence-electron chi connectivity index (χ4n) is 5.93. The van der Waals surface area contributed by atoms with E-state index in [1.807, 2.05) is 6.92 Å². The molecule has 4 aromatic rings. The van der Waals surface area contributed by atoms with Gasteiger partial charge in [0.05, 0.1) is 29.9 Å². The molecule has 3 unspecified atom stereocenters. The number of benzene rings is 2. The van der Waals surface area contributed by atoms with Gasteiger partial charge in [-0.1, -0.05) is 13.0 Å². The average Bonchev–Trinajstić information content (AvgIpc) is 3.53. The molecular formula is C27H21F3N4O3. The SMILES string of the molecule is CC1COc2cc(-c3ccc4nc5n(c4c3F)C3CC5N(C)C(=O)c4cccc(OC(F)F)c43)cnc21. The number of carbonyl (C=O) groups excluding carboxylic acids is 1. The zero-order valence-electron chi connectivity index (χ0n) is 19.9. The van der Waals surface area contributed by atoms with Gasteiger partial charge < -0.3 is 18.9 Å². The molecule has 37 heavy (non-hydrogen) atoms. The molecule has 0 spiro atoms. The molecule has 10 heteroatoms. The first-order valence-electron chi connectivity index (χ1n) is 12.0. The van der Waals surface area contributed by atoms with Crippen molar-refractivity contribution in [3.63, 3.8) is 0 Å². The van der Waals surface area contributed by atoms with Gasteiger partial charge in [0.2, 0.25) is 0 Å². The normalized spacial score (nSPS) is 21.6. The van der Waals surface area contributed by atoms with E-state index in [9.17, 15) is 13.6 Å². The summed E-state index contributed by atoms with van der Waals surface area (Å²) in [5.41, 5.74) is 2.97. The number of ether oxygens (including phenoxy) is 2. The Hall–Kier alpha value is -4.08. The molecule has 0 N–H and O–H groups in total. The molecule has 0 radical (unpaired) electrons. The van der Waals surface area contributed by atoms with E-state index in [0.29, 0.717) is 46.8 Å². The minimum Gasteiger partial charge on any atom is -0.491 e. The number of hydrogen-bond acceptors (Lipinski definition) is 5. The maximum Gasteiger partial charge on any atom is 0.387 e. The van der Waals surface area contributed by atoms with Crippen molar-refractivity contribution in [3.05, 3.63) is 71.1 Å². The molecular weight excluding hydrogens is 485 g/mol. The van der Waals surface area contributed by atoms with E-state index in [-0.39, 0.29) is 28.7 Å². The van der Waals surface area contributed by atoms with E-state index in [2.05, 4.69) is 9.97 Å². The lowest BCUT2D eigenvalue weighted by molar-refractivity contribution is -0.0507. The van der Waals surface area contributed by atoms with Crippen LogP contribution >= 0.6 is 0 Å². The number of rotatable bonds is 3. The Kier molecular flexibility index (Phi) is 4.61. The third-order valence-corrected chi connectivity index (χ3v) is 7.66. The monoisotopic (exact) mass is 506 g/mol. The predicted molar refractivity (Wildman–Crippen MR) is 127 cm³/mol. The highest BCUT2D eigenvalue weighted by atomic mass is 19.3. The molecule has 3 aliphatic heterocycles. The molecule has 3 atom stereocenters. The average molecular weight is 506 g/mol. The summed E-state index contributed by atoms with van der Waals surface area (Å²) in [5.74, 6) is 0.396. The van der Waals surface area contributed by atoms with Crippen LogP contribution < -0.4 is 9.47 Å². The van der Waals surface area contributed by atoms with Crippen molar-refractivity contribution < 1.29 is 27.4 Å². The molecule has 7 nitrogen and oxygen atoms in total. The number of halogens is 3. The lowest BCUT2D eigenvalue weighted by atomic mass is 9.97. The molecule has 2 aromatic carbocycles. The van der Waals surface area contributed by atoms with Crippen LogP contribution in [0.15, 0.2) is 42.6 Å². The third-order valence-electron chi connectivity index (χ3n) is 7.66. The molecule has 0 aliphatic carbocycles. The zero-order valence-corrected chi connectivity index (χ0v) is 19.9. The van der Waals surface area contributed by atoms with Crippen molar-refractivity contribution in [2.75, 3.05) is 13.7 Å². The van der Waals surface area contributed by atoms with Crippen LogP contribution in [-0.2, 0) is 0 Å². The van der Waals surface area contributed by atoms with Gasteiger partial charge in [-0.15, -0.1) is 0 Å². The number of amides is 1. The Morgan fingerprint density at radius 3 is 2.81 bits per heavy atom. The standard InChI is InChI=1S/C27H21F3N4O3/c1-12-11-36-20-8-13(10-31-23(12)20)14-6-7-16-24(22(14)28)34-17-9-18(25(34)32-16)33(2)26(35)15-4-3-5-19(21(15)17)37-27(29)30/h3-8,10,12,17-18,27H,9,11H2,1-2H3. The number of pyridine rings is 1. The van der Waals surface area contributed by atoms with Crippen LogP contribution in [0.1, 0.15) is 58.8 Å². The number of imidazole rings is 1. The van der Waals surface area contributed by atoms with Crippen molar-refractivity contribution in [2.24, 2.45) is 0 Å². The molecule has 3 aliphatic rings. The number of nitrogens with zero attached hydrogens (tertiary/aromatic N) is 4. The third kappa shape index (κ3) is 3.04. The molecule has 7 rings (SSSR count). The second-order valence-electron chi connectivity index (χ2n) is 9.73. The summed E-state index contributed by atoms with van der Waals surface area (Å²) in [7, 11) is 1.65. The summed E-state index contributed by atoms with van der Waals surface area (Å²) < 4.78 is 55.2. The van der Waals surface area contributed by atoms with Gasteiger partial charge in [0.15, 0.2) is 5.82 Å². The Labute approximate surface area is 209 Å². The summed E-state index contributed by atoms with van der Waals surface area (Å²) >= 11 is 0. The topological polar surface area (TPSA) is 69.5 Å². The maximum absolute atomic E-state index is 16.3. The summed E-state index contributed by atoms with van der Waals surface area (Å²) in [5, 5.41) is 0. The first-order valence-corrected chi connectivity index (χ1v) is 12.0. The first kappa shape index (κ1) is 22.1. The van der Waals surface area contributed by atoms with E-state index in [0.717, 1.165) is 5.69 Å². The Morgan fingerprint density at radius 2 is 2.00 bits per heavy atom. The molecule has 2 bridgehead atoms. The maximum atomic E-state index is 16.3. The minimum atomic E-state index is -3.07. The van der Waals surface area contributed by atoms with Gasteiger partial charge in [-0.25, -0.2) is 9.37 Å². The van der Waals surface area contributed by atoms with Crippen LogP contribution in [0.25, 0.3) is 22.2 Å². The number of carbonyl (C=O) groups is 1. The van der Waals surface area contributed by atoms with Crippen LogP contribution in [0.2, 0.25) is 0 Å². The van der Waals surface area contributed by atoms with Crippen molar-refractivity contribution >= 4 is 16.9 Å². The molecule has 0 saturated carbocycles. The van der Waals surface area contributed by atoms with Gasteiger partial charge in [-0.3, -0.25) is 9.78 Å². The van der Waals surface area contributed by atoms with Crippen LogP contribution in [0.4, 0.5) is 13.2 Å². The fourth-order valence-corrected chi connectivity index (χ4v) is 5.93. The summed E-state index contributed by atoms with van der Waals surface area (Å²) in [6.45, 7) is -0.520. The summed E-state index contributed by atoms with van der Waals surface area (Å²) in [6.07, 6.45) is 2.00. The van der Waals surface area contributed by atoms with E-state index < -0.39 is 24.5 Å². The smallest absolute Gasteiger partial charge is 0.387 e. The van der Waals surface area contributed by atoms with Crippen molar-refractivity contribution in [3.8, 4) is 22.6 Å². The largest absolute Gasteiger partial charge is 0.491 e. The van der Waals surface area contributed by atoms with Gasteiger partial charge in [-0.2, -0.15) is 8.78 Å². The number of aromatic nitrogens is 3. The second kappa shape index (κ2) is 7.71. The number of alkyl halides is 2. The van der Waals surface area contributed by atoms with Crippen LogP contribution in [-0.4, -0.2) is 45.6 Å². The van der Waals surface area contributed by atoms with Crippen LogP contribution in [0, 0.1) is 5.82 Å². The van der Waals surface area contributed by atoms with E-state index in [1.165, 1.54) is 17.0 Å². The molecule has 5 heterocycles.